The van der Waals surface area contributed by atoms with Gasteiger partial charge < -0.3 is 15.7 Å². The van der Waals surface area contributed by atoms with Crippen molar-refractivity contribution < 1.29 is 9.50 Å². The van der Waals surface area contributed by atoms with Crippen LogP contribution in [-0.2, 0) is 12.8 Å². The summed E-state index contributed by atoms with van der Waals surface area (Å²) in [6.45, 7) is 3.58. The molecule has 2 aromatic rings. The van der Waals surface area contributed by atoms with Crippen molar-refractivity contribution in [1.29, 1.82) is 0 Å². The number of hydrogen-bond donors (Lipinski definition) is 3. The molecular weight excluding hydrogens is 317 g/mol. The van der Waals surface area contributed by atoms with Crippen molar-refractivity contribution in [2.75, 3.05) is 19.6 Å². The Morgan fingerprint density at radius 1 is 1.08 bits per heavy atom. The number of aliphatic imine (C=N–C) groups is 1. The van der Waals surface area contributed by atoms with Gasteiger partial charge in [-0.15, -0.1) is 0 Å². The van der Waals surface area contributed by atoms with E-state index in [1.54, 1.807) is 12.1 Å². The summed E-state index contributed by atoms with van der Waals surface area (Å²) in [6.07, 6.45) is 0.604. The minimum atomic E-state index is -0.538. The van der Waals surface area contributed by atoms with Crippen molar-refractivity contribution in [3.63, 3.8) is 0 Å². The lowest BCUT2D eigenvalue weighted by Crippen LogP contribution is -2.39. The quantitative estimate of drug-likeness (QED) is 0.510. The molecule has 0 fully saturated rings. The molecule has 134 valence electrons. The fraction of sp³-hybridized carbons (Fsp3) is 0.350. The smallest absolute Gasteiger partial charge is 0.191 e. The lowest BCUT2D eigenvalue weighted by Gasteiger charge is -2.13. The molecule has 0 heterocycles. The minimum Gasteiger partial charge on any atom is -0.391 e. The highest BCUT2D eigenvalue weighted by atomic mass is 19.1. The summed E-state index contributed by atoms with van der Waals surface area (Å²) in [5.41, 5.74) is 1.76. The fourth-order valence-corrected chi connectivity index (χ4v) is 2.51. The maximum Gasteiger partial charge on any atom is 0.191 e. The van der Waals surface area contributed by atoms with Gasteiger partial charge in [0.15, 0.2) is 5.96 Å². The van der Waals surface area contributed by atoms with Gasteiger partial charge in [-0.05, 0) is 30.5 Å². The lowest BCUT2D eigenvalue weighted by atomic mass is 10.1. The second-order valence-electron chi connectivity index (χ2n) is 5.83. The third-order valence-corrected chi connectivity index (χ3v) is 3.76. The van der Waals surface area contributed by atoms with E-state index in [2.05, 4.69) is 15.6 Å². The Hall–Kier alpha value is -2.40. The van der Waals surface area contributed by atoms with Gasteiger partial charge in [0.05, 0.1) is 12.6 Å². The summed E-state index contributed by atoms with van der Waals surface area (Å²) in [6, 6.07) is 16.6. The molecule has 2 aromatic carbocycles. The van der Waals surface area contributed by atoms with Gasteiger partial charge in [-0.1, -0.05) is 48.5 Å². The molecule has 3 N–H and O–H groups in total. The molecule has 0 aromatic heterocycles. The summed E-state index contributed by atoms with van der Waals surface area (Å²) in [5.74, 6) is 0.440. The molecule has 0 saturated carbocycles. The van der Waals surface area contributed by atoms with Crippen molar-refractivity contribution in [2.24, 2.45) is 4.99 Å². The predicted molar refractivity (Wildman–Crippen MR) is 100 cm³/mol. The maximum absolute atomic E-state index is 13.6. The van der Waals surface area contributed by atoms with Crippen LogP contribution in [0.5, 0.6) is 0 Å². The van der Waals surface area contributed by atoms with Crippen molar-refractivity contribution in [2.45, 2.75) is 25.9 Å². The first-order valence-electron chi connectivity index (χ1n) is 8.66. The normalized spacial score (nSPS) is 12.7. The molecule has 0 aliphatic heterocycles. The van der Waals surface area contributed by atoms with E-state index >= 15 is 0 Å². The van der Waals surface area contributed by atoms with Crippen molar-refractivity contribution >= 4 is 5.96 Å². The molecule has 0 spiro atoms. The highest BCUT2D eigenvalue weighted by molar-refractivity contribution is 5.79. The third-order valence-electron chi connectivity index (χ3n) is 3.76. The van der Waals surface area contributed by atoms with Crippen LogP contribution in [0.25, 0.3) is 0 Å². The molecule has 1 atom stereocenters. The Kier molecular flexibility index (Phi) is 7.92. The molecule has 0 aliphatic carbocycles. The van der Waals surface area contributed by atoms with E-state index in [-0.39, 0.29) is 5.82 Å². The van der Waals surface area contributed by atoms with Crippen LogP contribution in [0, 0.1) is 5.82 Å². The largest absolute Gasteiger partial charge is 0.391 e. The zero-order chi connectivity index (χ0) is 17.9. The van der Waals surface area contributed by atoms with Gasteiger partial charge in [-0.3, -0.25) is 4.99 Å². The number of aliphatic hydroxyl groups is 1. The van der Waals surface area contributed by atoms with Crippen molar-refractivity contribution in [3.05, 3.63) is 71.5 Å². The highest BCUT2D eigenvalue weighted by Crippen LogP contribution is 2.06. The summed E-state index contributed by atoms with van der Waals surface area (Å²) >= 11 is 0. The number of halogens is 1. The molecule has 0 radical (unpaired) electrons. The van der Waals surface area contributed by atoms with E-state index < -0.39 is 6.10 Å². The van der Waals surface area contributed by atoms with Gasteiger partial charge in [0, 0.05) is 19.5 Å². The van der Waals surface area contributed by atoms with Crippen LogP contribution in [0.3, 0.4) is 0 Å². The average molecular weight is 343 g/mol. The van der Waals surface area contributed by atoms with Gasteiger partial charge in [0.25, 0.3) is 0 Å². The van der Waals surface area contributed by atoms with Crippen LogP contribution < -0.4 is 10.6 Å². The monoisotopic (exact) mass is 343 g/mol. The summed E-state index contributed by atoms with van der Waals surface area (Å²) in [5, 5.41) is 16.5. The number of nitrogens with one attached hydrogen (secondary N) is 2. The standard InChI is InChI=1S/C20H26FN3O/c1-2-22-20(23-13-12-17-10-6-7-11-19(17)21)24-15-18(25)14-16-8-4-3-5-9-16/h3-11,18,25H,2,12-15H2,1H3,(H2,22,23,24). The van der Waals surface area contributed by atoms with Crippen LogP contribution in [0.1, 0.15) is 18.1 Å². The molecule has 0 saturated heterocycles. The van der Waals surface area contributed by atoms with Crippen LogP contribution >= 0.6 is 0 Å². The van der Waals surface area contributed by atoms with E-state index in [9.17, 15) is 9.50 Å². The molecule has 1 unspecified atom stereocenters. The Labute approximate surface area is 148 Å². The Morgan fingerprint density at radius 3 is 2.52 bits per heavy atom. The second kappa shape index (κ2) is 10.5. The van der Waals surface area contributed by atoms with Crippen LogP contribution in [0.2, 0.25) is 0 Å². The van der Waals surface area contributed by atoms with Gasteiger partial charge in [0.1, 0.15) is 5.82 Å². The Morgan fingerprint density at radius 2 is 1.80 bits per heavy atom. The number of benzene rings is 2. The summed E-state index contributed by atoms with van der Waals surface area (Å²) in [7, 11) is 0. The van der Waals surface area contributed by atoms with E-state index in [0.717, 1.165) is 12.1 Å². The number of nitrogens with zero attached hydrogens (tertiary/aromatic N) is 1. The van der Waals surface area contributed by atoms with Gasteiger partial charge in [-0.25, -0.2) is 4.39 Å². The van der Waals surface area contributed by atoms with E-state index in [0.29, 0.717) is 37.5 Å². The SMILES string of the molecule is CCNC(=NCC(O)Cc1ccccc1)NCCc1ccccc1F. The molecular formula is C20H26FN3O. The van der Waals surface area contributed by atoms with Crippen LogP contribution in [-0.4, -0.2) is 36.8 Å². The number of rotatable bonds is 8. The molecule has 2 rings (SSSR count). The van der Waals surface area contributed by atoms with Gasteiger partial charge >= 0.3 is 0 Å². The number of guanidine groups is 1. The van der Waals surface area contributed by atoms with E-state index in [1.807, 2.05) is 43.3 Å². The maximum atomic E-state index is 13.6. The van der Waals surface area contributed by atoms with Crippen LogP contribution in [0.15, 0.2) is 59.6 Å². The predicted octanol–water partition coefficient (Wildman–Crippen LogP) is 2.53. The Bertz CT molecular complexity index is 661. The first-order valence-corrected chi connectivity index (χ1v) is 8.66. The summed E-state index contributed by atoms with van der Waals surface area (Å²) in [4.78, 5) is 4.41. The zero-order valence-corrected chi connectivity index (χ0v) is 14.6. The fourth-order valence-electron chi connectivity index (χ4n) is 2.51. The van der Waals surface area contributed by atoms with E-state index in [4.69, 9.17) is 0 Å². The molecule has 25 heavy (non-hydrogen) atoms. The highest BCUT2D eigenvalue weighted by Gasteiger charge is 2.06. The zero-order valence-electron chi connectivity index (χ0n) is 14.6. The first kappa shape index (κ1) is 18.9. The first-order chi connectivity index (χ1) is 12.2. The second-order valence-corrected chi connectivity index (χ2v) is 5.83. The molecule has 0 amide bonds. The van der Waals surface area contributed by atoms with Crippen molar-refractivity contribution in [3.8, 4) is 0 Å². The molecule has 5 heteroatoms. The minimum absolute atomic E-state index is 0.190. The molecule has 0 bridgehead atoms. The lowest BCUT2D eigenvalue weighted by molar-refractivity contribution is 0.183. The van der Waals surface area contributed by atoms with Gasteiger partial charge in [0.2, 0.25) is 0 Å². The Balaban J connectivity index is 1.82. The summed E-state index contributed by atoms with van der Waals surface area (Å²) < 4.78 is 13.6. The topological polar surface area (TPSA) is 56.7 Å². The number of hydrogen-bond acceptors (Lipinski definition) is 2. The van der Waals surface area contributed by atoms with Crippen LogP contribution in [0.4, 0.5) is 4.39 Å². The van der Waals surface area contributed by atoms with E-state index in [1.165, 1.54) is 6.07 Å². The van der Waals surface area contributed by atoms with Gasteiger partial charge in [-0.2, -0.15) is 0 Å². The molecule has 0 aliphatic rings. The van der Waals surface area contributed by atoms with Crippen molar-refractivity contribution in [1.82, 2.24) is 10.6 Å². The average Bonchev–Trinajstić information content (AvgIpc) is 2.62. The molecule has 4 nitrogen and oxygen atoms in total. The third kappa shape index (κ3) is 6.93. The number of aliphatic hydroxyl groups excluding tert-OH is 1.